The number of nitrogens with two attached hydrogens (primary N) is 1. The lowest BCUT2D eigenvalue weighted by Gasteiger charge is -2.08. The van der Waals surface area contributed by atoms with E-state index in [2.05, 4.69) is 10.3 Å². The number of halogens is 1. The number of hydrogen-bond donors (Lipinski definition) is 2. The van der Waals surface area contributed by atoms with E-state index in [1.807, 2.05) is 36.4 Å². The highest BCUT2D eigenvalue weighted by Gasteiger charge is 2.04. The lowest BCUT2D eigenvalue weighted by Crippen LogP contribution is -2.11. The van der Waals surface area contributed by atoms with E-state index in [4.69, 9.17) is 29.6 Å². The van der Waals surface area contributed by atoms with Gasteiger partial charge in [-0.1, -0.05) is 29.9 Å². The van der Waals surface area contributed by atoms with Gasteiger partial charge in [0.15, 0.2) is 0 Å². The van der Waals surface area contributed by atoms with Crippen molar-refractivity contribution in [3.05, 3.63) is 58.9 Å². The first-order valence-electron chi connectivity index (χ1n) is 5.90. The molecule has 0 atom stereocenters. The van der Waals surface area contributed by atoms with Gasteiger partial charge in [0.25, 0.3) is 0 Å². The Morgan fingerprint density at radius 1 is 1.32 bits per heavy atom. The molecule has 0 aliphatic rings. The molecule has 19 heavy (non-hydrogen) atoms. The van der Waals surface area contributed by atoms with Crippen LogP contribution in [0.2, 0.25) is 5.02 Å². The highest BCUT2D eigenvalue weighted by Crippen LogP contribution is 2.20. The van der Waals surface area contributed by atoms with E-state index in [0.717, 1.165) is 24.3 Å². The summed E-state index contributed by atoms with van der Waals surface area (Å²) < 4.78 is 0. The summed E-state index contributed by atoms with van der Waals surface area (Å²) in [6, 6.07) is 11.5. The molecule has 0 aliphatic heterocycles. The summed E-state index contributed by atoms with van der Waals surface area (Å²) in [5.74, 6) is 0. The number of nitrogens with one attached hydrogen (secondary N) is 1. The van der Waals surface area contributed by atoms with Crippen LogP contribution in [0, 0.1) is 0 Å². The average Bonchev–Trinajstić information content (AvgIpc) is 2.39. The van der Waals surface area contributed by atoms with Crippen LogP contribution in [0.25, 0.3) is 0 Å². The summed E-state index contributed by atoms with van der Waals surface area (Å²) in [6.07, 6.45) is 2.65. The van der Waals surface area contributed by atoms with Gasteiger partial charge in [0, 0.05) is 36.1 Å². The van der Waals surface area contributed by atoms with E-state index < -0.39 is 0 Å². The van der Waals surface area contributed by atoms with Crippen LogP contribution in [0.5, 0.6) is 0 Å². The van der Waals surface area contributed by atoms with Crippen LogP contribution in [0.15, 0.2) is 42.6 Å². The third kappa shape index (κ3) is 3.91. The first-order chi connectivity index (χ1) is 9.16. The molecule has 0 unspecified atom stereocenters. The molecule has 0 bridgehead atoms. The summed E-state index contributed by atoms with van der Waals surface area (Å²) >= 11 is 11.0. The SMILES string of the molecule is NC(=S)c1ccc(NCCc2ccccn2)cc1Cl. The predicted octanol–water partition coefficient (Wildman–Crippen LogP) is 3.02. The number of pyridine rings is 1. The Labute approximate surface area is 122 Å². The van der Waals surface area contributed by atoms with E-state index >= 15 is 0 Å². The van der Waals surface area contributed by atoms with E-state index in [1.54, 1.807) is 6.20 Å². The summed E-state index contributed by atoms with van der Waals surface area (Å²) in [4.78, 5) is 4.58. The molecule has 3 N–H and O–H groups in total. The quantitative estimate of drug-likeness (QED) is 0.832. The van der Waals surface area contributed by atoms with Gasteiger partial charge in [-0.25, -0.2) is 0 Å². The molecule has 1 aromatic carbocycles. The highest BCUT2D eigenvalue weighted by molar-refractivity contribution is 7.80. The van der Waals surface area contributed by atoms with Crippen molar-refractivity contribution in [2.75, 3.05) is 11.9 Å². The molecule has 3 nitrogen and oxygen atoms in total. The van der Waals surface area contributed by atoms with Crippen LogP contribution in [0.3, 0.4) is 0 Å². The van der Waals surface area contributed by atoms with Crippen molar-refractivity contribution in [3.63, 3.8) is 0 Å². The molecule has 2 aromatic rings. The molecule has 0 amide bonds. The Kier molecular flexibility index (Phi) is 4.71. The number of anilines is 1. The van der Waals surface area contributed by atoms with Crippen molar-refractivity contribution >= 4 is 34.5 Å². The van der Waals surface area contributed by atoms with E-state index in [-0.39, 0.29) is 0 Å². The summed E-state index contributed by atoms with van der Waals surface area (Å²) in [6.45, 7) is 0.791. The van der Waals surface area contributed by atoms with Crippen molar-refractivity contribution in [1.82, 2.24) is 4.98 Å². The Morgan fingerprint density at radius 3 is 2.79 bits per heavy atom. The van der Waals surface area contributed by atoms with Crippen molar-refractivity contribution in [2.45, 2.75) is 6.42 Å². The van der Waals surface area contributed by atoms with Crippen LogP contribution in [0.1, 0.15) is 11.3 Å². The van der Waals surface area contributed by atoms with Crippen LogP contribution in [-0.2, 0) is 6.42 Å². The zero-order chi connectivity index (χ0) is 13.7. The molecule has 1 aromatic heterocycles. The summed E-state index contributed by atoms with van der Waals surface area (Å²) in [5, 5.41) is 3.86. The van der Waals surface area contributed by atoms with Crippen LogP contribution >= 0.6 is 23.8 Å². The van der Waals surface area contributed by atoms with Gasteiger partial charge in [-0.3, -0.25) is 4.98 Å². The fourth-order valence-corrected chi connectivity index (χ4v) is 2.22. The molecule has 0 radical (unpaired) electrons. The number of benzene rings is 1. The lowest BCUT2D eigenvalue weighted by atomic mass is 10.2. The van der Waals surface area contributed by atoms with E-state index in [9.17, 15) is 0 Å². The molecule has 0 aliphatic carbocycles. The number of rotatable bonds is 5. The van der Waals surface area contributed by atoms with Gasteiger partial charge in [0.1, 0.15) is 4.99 Å². The second-order valence-electron chi connectivity index (χ2n) is 4.06. The fraction of sp³-hybridized carbons (Fsp3) is 0.143. The van der Waals surface area contributed by atoms with E-state index in [1.165, 1.54) is 0 Å². The van der Waals surface area contributed by atoms with Crippen LogP contribution in [0.4, 0.5) is 5.69 Å². The minimum atomic E-state index is 0.310. The second kappa shape index (κ2) is 6.50. The molecule has 0 fully saturated rings. The zero-order valence-corrected chi connectivity index (χ0v) is 11.8. The fourth-order valence-electron chi connectivity index (χ4n) is 1.71. The second-order valence-corrected chi connectivity index (χ2v) is 4.90. The van der Waals surface area contributed by atoms with Gasteiger partial charge < -0.3 is 11.1 Å². The number of aromatic nitrogens is 1. The highest BCUT2D eigenvalue weighted by atomic mass is 35.5. The molecule has 5 heteroatoms. The maximum absolute atomic E-state index is 6.10. The van der Waals surface area contributed by atoms with Crippen LogP contribution in [-0.4, -0.2) is 16.5 Å². The summed E-state index contributed by atoms with van der Waals surface area (Å²) in [5.41, 5.74) is 8.26. The van der Waals surface area contributed by atoms with Gasteiger partial charge >= 0.3 is 0 Å². The van der Waals surface area contributed by atoms with Crippen molar-refractivity contribution < 1.29 is 0 Å². The molecular weight excluding hydrogens is 278 g/mol. The normalized spacial score (nSPS) is 10.2. The maximum Gasteiger partial charge on any atom is 0.105 e. The standard InChI is InChI=1S/C14H14ClN3S/c15-13-9-11(4-5-12(13)14(16)19)18-8-6-10-3-1-2-7-17-10/h1-5,7,9,18H,6,8H2,(H2,16,19). The molecule has 0 saturated heterocycles. The Bertz CT molecular complexity index is 572. The van der Waals surface area contributed by atoms with Gasteiger partial charge in [0.2, 0.25) is 0 Å². The van der Waals surface area contributed by atoms with Gasteiger partial charge in [0.05, 0.1) is 5.02 Å². The minimum absolute atomic E-state index is 0.310. The number of hydrogen-bond acceptors (Lipinski definition) is 3. The number of thiocarbonyl (C=S) groups is 1. The Hall–Kier alpha value is -1.65. The average molecular weight is 292 g/mol. The third-order valence-electron chi connectivity index (χ3n) is 2.67. The topological polar surface area (TPSA) is 50.9 Å². The molecule has 2 rings (SSSR count). The molecule has 1 heterocycles. The lowest BCUT2D eigenvalue weighted by molar-refractivity contribution is 0.961. The molecule has 0 spiro atoms. The first-order valence-corrected chi connectivity index (χ1v) is 6.68. The first kappa shape index (κ1) is 13.8. The van der Waals surface area contributed by atoms with E-state index in [0.29, 0.717) is 15.6 Å². The smallest absolute Gasteiger partial charge is 0.105 e. The zero-order valence-electron chi connectivity index (χ0n) is 10.3. The Morgan fingerprint density at radius 2 is 2.16 bits per heavy atom. The number of nitrogens with zero attached hydrogens (tertiary/aromatic N) is 1. The minimum Gasteiger partial charge on any atom is -0.389 e. The molecular formula is C14H14ClN3S. The van der Waals surface area contributed by atoms with Gasteiger partial charge in [-0.05, 0) is 30.3 Å². The van der Waals surface area contributed by atoms with Crippen molar-refractivity contribution in [2.24, 2.45) is 5.73 Å². The monoisotopic (exact) mass is 291 g/mol. The van der Waals surface area contributed by atoms with Crippen molar-refractivity contribution in [1.29, 1.82) is 0 Å². The molecule has 0 saturated carbocycles. The largest absolute Gasteiger partial charge is 0.389 e. The molecule has 98 valence electrons. The van der Waals surface area contributed by atoms with Gasteiger partial charge in [-0.15, -0.1) is 0 Å². The van der Waals surface area contributed by atoms with Gasteiger partial charge in [-0.2, -0.15) is 0 Å². The predicted molar refractivity (Wildman–Crippen MR) is 83.8 cm³/mol. The maximum atomic E-state index is 6.10. The van der Waals surface area contributed by atoms with Crippen LogP contribution < -0.4 is 11.1 Å². The third-order valence-corrected chi connectivity index (χ3v) is 3.20. The Balaban J connectivity index is 1.93. The van der Waals surface area contributed by atoms with Crippen molar-refractivity contribution in [3.8, 4) is 0 Å². The summed E-state index contributed by atoms with van der Waals surface area (Å²) in [7, 11) is 0.